The average Bonchev–Trinajstić information content (AvgIpc) is 2.75. The Bertz CT molecular complexity index is 1080. The number of nitrogens with zero attached hydrogens (tertiary/aromatic N) is 6. The van der Waals surface area contributed by atoms with Gasteiger partial charge in [0.1, 0.15) is 12.0 Å². The first kappa shape index (κ1) is 16.7. The fraction of sp³-hybridized carbons (Fsp3) is 0.300. The van der Waals surface area contributed by atoms with Crippen molar-refractivity contribution in [1.82, 2.24) is 29.4 Å². The predicted molar refractivity (Wildman–Crippen MR) is 101 cm³/mol. The lowest BCUT2D eigenvalue weighted by atomic mass is 9.80. The summed E-state index contributed by atoms with van der Waals surface area (Å²) in [5.41, 5.74) is 3.15. The van der Waals surface area contributed by atoms with Crippen LogP contribution in [0.5, 0.6) is 0 Å². The minimum Gasteiger partial charge on any atom is -0.336 e. The number of hydrogen-bond donors (Lipinski definition) is 0. The van der Waals surface area contributed by atoms with Crippen LogP contribution in [-0.2, 0) is 6.54 Å². The maximum absolute atomic E-state index is 12.9. The minimum atomic E-state index is -0.112. The largest absolute Gasteiger partial charge is 0.336 e. The average molecular weight is 374 g/mol. The molecule has 1 amide bonds. The van der Waals surface area contributed by atoms with Gasteiger partial charge in [0.05, 0.1) is 6.20 Å². The molecule has 0 saturated carbocycles. The van der Waals surface area contributed by atoms with Crippen molar-refractivity contribution in [3.8, 4) is 11.1 Å². The van der Waals surface area contributed by atoms with E-state index in [4.69, 9.17) is 0 Å². The van der Waals surface area contributed by atoms with Crippen LogP contribution < -0.4 is 5.56 Å². The number of rotatable bonds is 2. The Morgan fingerprint density at radius 3 is 2.64 bits per heavy atom. The number of aromatic nitrogens is 5. The van der Waals surface area contributed by atoms with Gasteiger partial charge < -0.3 is 9.47 Å². The third-order valence-electron chi connectivity index (χ3n) is 5.53. The fourth-order valence-corrected chi connectivity index (χ4v) is 4.43. The molecule has 0 spiro atoms. The highest BCUT2D eigenvalue weighted by Crippen LogP contribution is 2.39. The summed E-state index contributed by atoms with van der Waals surface area (Å²) in [6.45, 7) is 1.78. The summed E-state index contributed by atoms with van der Waals surface area (Å²) in [7, 11) is 0. The highest BCUT2D eigenvalue weighted by molar-refractivity contribution is 5.92. The molecule has 0 N–H and O–H groups in total. The number of piperidine rings is 1. The highest BCUT2D eigenvalue weighted by atomic mass is 16.2. The van der Waals surface area contributed by atoms with Crippen LogP contribution in [0.1, 0.15) is 28.5 Å². The summed E-state index contributed by atoms with van der Waals surface area (Å²) in [6.07, 6.45) is 10.5. The number of amides is 1. The van der Waals surface area contributed by atoms with Crippen molar-refractivity contribution in [1.29, 1.82) is 0 Å². The predicted octanol–water partition coefficient (Wildman–Crippen LogP) is 1.35. The smallest absolute Gasteiger partial charge is 0.274 e. The molecular formula is C20H18N6O2. The Balaban J connectivity index is 1.55. The molecule has 8 heteroatoms. The van der Waals surface area contributed by atoms with E-state index < -0.39 is 0 Å². The molecule has 2 atom stereocenters. The first-order valence-corrected chi connectivity index (χ1v) is 9.25. The number of hydrogen-bond acceptors (Lipinski definition) is 6. The van der Waals surface area contributed by atoms with E-state index in [0.29, 0.717) is 25.3 Å². The van der Waals surface area contributed by atoms with Crippen molar-refractivity contribution in [2.75, 3.05) is 13.1 Å². The quantitative estimate of drug-likeness (QED) is 0.672. The van der Waals surface area contributed by atoms with Gasteiger partial charge >= 0.3 is 0 Å². The fourth-order valence-electron chi connectivity index (χ4n) is 4.43. The maximum Gasteiger partial charge on any atom is 0.274 e. The van der Waals surface area contributed by atoms with E-state index in [1.54, 1.807) is 24.7 Å². The molecule has 0 aromatic carbocycles. The van der Waals surface area contributed by atoms with Crippen LogP contribution >= 0.6 is 0 Å². The lowest BCUT2D eigenvalue weighted by Gasteiger charge is -2.43. The highest BCUT2D eigenvalue weighted by Gasteiger charge is 2.38. The molecule has 3 aromatic rings. The molecule has 2 aliphatic rings. The standard InChI is InChI=1S/C20H18N6O2/c27-18-2-1-16(15-6-22-12-23-7-15)19-14-5-13(10-26(18)19)9-25(11-14)20(28)17-8-21-3-4-24-17/h1-4,6-8,12-14H,5,9-11H2/t13-,14-/m0/s1. The third kappa shape index (κ3) is 2.77. The Labute approximate surface area is 160 Å². The van der Waals surface area contributed by atoms with Crippen LogP contribution in [0.4, 0.5) is 0 Å². The number of likely N-dealkylation sites (tertiary alicyclic amines) is 1. The second kappa shape index (κ2) is 6.63. The van der Waals surface area contributed by atoms with E-state index in [9.17, 15) is 9.59 Å². The van der Waals surface area contributed by atoms with E-state index >= 15 is 0 Å². The van der Waals surface area contributed by atoms with Crippen molar-refractivity contribution >= 4 is 5.91 Å². The van der Waals surface area contributed by atoms with E-state index in [1.807, 2.05) is 15.5 Å². The van der Waals surface area contributed by atoms with Gasteiger partial charge in [-0.2, -0.15) is 0 Å². The molecule has 2 bridgehead atoms. The number of fused-ring (bicyclic) bond motifs is 4. The Morgan fingerprint density at radius 1 is 1.00 bits per heavy atom. The first-order chi connectivity index (χ1) is 13.7. The monoisotopic (exact) mass is 374 g/mol. The Morgan fingerprint density at radius 2 is 1.86 bits per heavy atom. The van der Waals surface area contributed by atoms with Crippen LogP contribution in [0.3, 0.4) is 0 Å². The van der Waals surface area contributed by atoms with E-state index in [-0.39, 0.29) is 23.3 Å². The van der Waals surface area contributed by atoms with Crippen molar-refractivity contribution < 1.29 is 4.79 Å². The zero-order valence-corrected chi connectivity index (χ0v) is 15.1. The summed E-state index contributed by atoms with van der Waals surface area (Å²) in [5.74, 6) is 0.211. The van der Waals surface area contributed by atoms with Gasteiger partial charge in [0, 0.05) is 73.2 Å². The lowest BCUT2D eigenvalue weighted by molar-refractivity contribution is 0.0589. The summed E-state index contributed by atoms with van der Waals surface area (Å²) in [4.78, 5) is 43.7. The van der Waals surface area contributed by atoms with Crippen LogP contribution in [0, 0.1) is 5.92 Å². The normalized spacial score (nSPS) is 20.5. The summed E-state index contributed by atoms with van der Waals surface area (Å²) in [6, 6.07) is 3.45. The van der Waals surface area contributed by atoms with Gasteiger partial charge in [0.15, 0.2) is 0 Å². The zero-order chi connectivity index (χ0) is 19.1. The molecular weight excluding hydrogens is 356 g/mol. The topological polar surface area (TPSA) is 93.9 Å². The van der Waals surface area contributed by atoms with Crippen molar-refractivity contribution in [3.63, 3.8) is 0 Å². The first-order valence-electron chi connectivity index (χ1n) is 9.25. The van der Waals surface area contributed by atoms with Crippen molar-refractivity contribution in [2.45, 2.75) is 18.9 Å². The van der Waals surface area contributed by atoms with Gasteiger partial charge in [-0.25, -0.2) is 15.0 Å². The molecule has 2 aliphatic heterocycles. The van der Waals surface area contributed by atoms with Crippen molar-refractivity contribution in [3.05, 3.63) is 71.2 Å². The third-order valence-corrected chi connectivity index (χ3v) is 5.53. The molecule has 1 saturated heterocycles. The SMILES string of the molecule is O=C(c1cnccn1)N1C[C@@H]2C[C@@H](C1)c1c(-c3cncnc3)ccc(=O)n1C2. The molecule has 0 radical (unpaired) electrons. The van der Waals surface area contributed by atoms with Crippen molar-refractivity contribution in [2.24, 2.45) is 5.92 Å². The van der Waals surface area contributed by atoms with Gasteiger partial charge in [-0.15, -0.1) is 0 Å². The van der Waals surface area contributed by atoms with E-state index in [2.05, 4.69) is 19.9 Å². The Kier molecular flexibility index (Phi) is 3.96. The molecule has 8 nitrogen and oxygen atoms in total. The van der Waals surface area contributed by atoms with Gasteiger partial charge in [0.25, 0.3) is 11.5 Å². The molecule has 1 fully saturated rings. The lowest BCUT2D eigenvalue weighted by Crippen LogP contribution is -2.49. The molecule has 28 heavy (non-hydrogen) atoms. The van der Waals surface area contributed by atoms with Gasteiger partial charge in [-0.1, -0.05) is 0 Å². The zero-order valence-electron chi connectivity index (χ0n) is 15.1. The van der Waals surface area contributed by atoms with Gasteiger partial charge in [-0.3, -0.25) is 14.6 Å². The number of carbonyl (C=O) groups excluding carboxylic acids is 1. The molecule has 5 heterocycles. The minimum absolute atomic E-state index is 0.000924. The molecule has 5 rings (SSSR count). The molecule has 3 aromatic heterocycles. The second-order valence-corrected chi connectivity index (χ2v) is 7.31. The van der Waals surface area contributed by atoms with Crippen LogP contribution in [-0.4, -0.2) is 48.4 Å². The van der Waals surface area contributed by atoms with Crippen LogP contribution in [0.2, 0.25) is 0 Å². The van der Waals surface area contributed by atoms with Gasteiger partial charge in [0.2, 0.25) is 0 Å². The number of pyridine rings is 1. The molecule has 140 valence electrons. The van der Waals surface area contributed by atoms with E-state index in [1.165, 1.54) is 18.7 Å². The summed E-state index contributed by atoms with van der Waals surface area (Å²) >= 11 is 0. The van der Waals surface area contributed by atoms with E-state index in [0.717, 1.165) is 23.2 Å². The van der Waals surface area contributed by atoms with Gasteiger partial charge in [-0.05, 0) is 18.4 Å². The Hall–Kier alpha value is -3.42. The summed E-state index contributed by atoms with van der Waals surface area (Å²) < 4.78 is 1.87. The summed E-state index contributed by atoms with van der Waals surface area (Å²) in [5, 5.41) is 0. The molecule has 0 unspecified atom stereocenters. The van der Waals surface area contributed by atoms with Crippen LogP contribution in [0.25, 0.3) is 11.1 Å². The second-order valence-electron chi connectivity index (χ2n) is 7.31. The molecule has 0 aliphatic carbocycles. The van der Waals surface area contributed by atoms with Crippen LogP contribution in [0.15, 0.2) is 54.2 Å². The number of carbonyl (C=O) groups is 1. The maximum atomic E-state index is 12.9.